The van der Waals surface area contributed by atoms with E-state index in [0.29, 0.717) is 13.0 Å². The van der Waals surface area contributed by atoms with Crippen LogP contribution >= 0.6 is 0 Å². The molecule has 1 aliphatic heterocycles. The van der Waals surface area contributed by atoms with Gasteiger partial charge in [-0.1, -0.05) is 262 Å². The van der Waals surface area contributed by atoms with E-state index in [4.69, 9.17) is 18.9 Å². The molecule has 412 valence electrons. The molecule has 0 aromatic heterocycles. The Balaban J connectivity index is 2.13. The number of hydrogen-bond acceptors (Lipinski definition) is 9. The van der Waals surface area contributed by atoms with Gasteiger partial charge in [0.25, 0.3) is 0 Å². The average molecular weight is 992 g/mol. The monoisotopic (exact) mass is 991 g/mol. The molecular formula is C61H114O9. The van der Waals surface area contributed by atoms with Crippen LogP contribution in [0.15, 0.2) is 36.5 Å². The number of rotatable bonds is 53. The predicted octanol–water partition coefficient (Wildman–Crippen LogP) is 15.8. The SMILES string of the molecule is CCCCCCC/C=C\C/C=C\C/C=C\CCCCCCCCC(=O)OC(COCCCCCCCCCCCCCCCCCCCCCCCCCCCC)COC1OC(CO)C(O)C(O)C1O. The number of carbonyl (C=O) groups is 1. The van der Waals surface area contributed by atoms with Crippen molar-refractivity contribution in [3.05, 3.63) is 36.5 Å². The summed E-state index contributed by atoms with van der Waals surface area (Å²) in [7, 11) is 0. The number of allylic oxidation sites excluding steroid dienone is 6. The second-order valence-electron chi connectivity index (χ2n) is 20.8. The Morgan fingerprint density at radius 3 is 1.24 bits per heavy atom. The molecule has 1 rings (SSSR count). The molecule has 0 bridgehead atoms. The fourth-order valence-corrected chi connectivity index (χ4v) is 9.39. The summed E-state index contributed by atoms with van der Waals surface area (Å²) in [6, 6.07) is 0. The Labute approximate surface area is 431 Å². The van der Waals surface area contributed by atoms with Gasteiger partial charge in [0.2, 0.25) is 0 Å². The van der Waals surface area contributed by atoms with Crippen LogP contribution in [-0.4, -0.2) is 89.6 Å². The van der Waals surface area contributed by atoms with Gasteiger partial charge in [-0.25, -0.2) is 0 Å². The third kappa shape index (κ3) is 41.8. The first kappa shape index (κ1) is 66.4. The van der Waals surface area contributed by atoms with Crippen LogP contribution in [0.3, 0.4) is 0 Å². The Bertz CT molecular complexity index is 1170. The number of aliphatic hydroxyl groups excluding tert-OH is 4. The summed E-state index contributed by atoms with van der Waals surface area (Å²) in [6.45, 7) is 4.59. The molecule has 0 aromatic rings. The Kier molecular flexibility index (Phi) is 49.6. The van der Waals surface area contributed by atoms with Crippen molar-refractivity contribution in [3.8, 4) is 0 Å². The zero-order valence-corrected chi connectivity index (χ0v) is 45.8. The quantitative estimate of drug-likeness (QED) is 0.0267. The number of esters is 1. The van der Waals surface area contributed by atoms with Crippen molar-refractivity contribution in [3.63, 3.8) is 0 Å². The maximum Gasteiger partial charge on any atom is 0.306 e. The molecule has 9 nitrogen and oxygen atoms in total. The topological polar surface area (TPSA) is 135 Å². The van der Waals surface area contributed by atoms with E-state index in [1.807, 2.05) is 0 Å². The maximum absolute atomic E-state index is 12.9. The third-order valence-corrected chi connectivity index (χ3v) is 14.1. The molecule has 6 unspecified atom stereocenters. The van der Waals surface area contributed by atoms with Crippen LogP contribution in [0.2, 0.25) is 0 Å². The van der Waals surface area contributed by atoms with Crippen LogP contribution in [0.25, 0.3) is 0 Å². The van der Waals surface area contributed by atoms with Gasteiger partial charge in [-0.3, -0.25) is 4.79 Å². The molecule has 70 heavy (non-hydrogen) atoms. The van der Waals surface area contributed by atoms with E-state index in [2.05, 4.69) is 50.3 Å². The van der Waals surface area contributed by atoms with Gasteiger partial charge in [0.05, 0.1) is 19.8 Å². The van der Waals surface area contributed by atoms with Crippen LogP contribution in [-0.2, 0) is 23.7 Å². The van der Waals surface area contributed by atoms with E-state index in [0.717, 1.165) is 57.8 Å². The van der Waals surface area contributed by atoms with Crippen molar-refractivity contribution in [2.24, 2.45) is 0 Å². The summed E-state index contributed by atoms with van der Waals surface area (Å²) in [4.78, 5) is 12.9. The second kappa shape index (κ2) is 52.3. The second-order valence-corrected chi connectivity index (χ2v) is 20.8. The van der Waals surface area contributed by atoms with Gasteiger partial charge in [0, 0.05) is 13.0 Å². The van der Waals surface area contributed by atoms with Gasteiger partial charge in [0.1, 0.15) is 30.5 Å². The molecule has 6 atom stereocenters. The van der Waals surface area contributed by atoms with Crippen molar-refractivity contribution in [1.29, 1.82) is 0 Å². The molecule has 0 amide bonds. The molecule has 0 radical (unpaired) electrons. The smallest absolute Gasteiger partial charge is 0.306 e. The molecule has 1 saturated heterocycles. The highest BCUT2D eigenvalue weighted by Crippen LogP contribution is 2.23. The lowest BCUT2D eigenvalue weighted by Crippen LogP contribution is -2.59. The Morgan fingerprint density at radius 1 is 0.457 bits per heavy atom. The van der Waals surface area contributed by atoms with Crippen molar-refractivity contribution in [2.45, 2.75) is 320 Å². The molecule has 4 N–H and O–H groups in total. The summed E-state index contributed by atoms with van der Waals surface area (Å²) in [5, 5.41) is 40.4. The zero-order chi connectivity index (χ0) is 50.6. The molecule has 1 aliphatic rings. The van der Waals surface area contributed by atoms with Crippen LogP contribution in [0.4, 0.5) is 0 Å². The lowest BCUT2D eigenvalue weighted by molar-refractivity contribution is -0.305. The Hall–Kier alpha value is -1.59. The van der Waals surface area contributed by atoms with Gasteiger partial charge < -0.3 is 39.4 Å². The highest BCUT2D eigenvalue weighted by Gasteiger charge is 2.44. The van der Waals surface area contributed by atoms with Crippen LogP contribution in [0.1, 0.15) is 284 Å². The van der Waals surface area contributed by atoms with E-state index >= 15 is 0 Å². The van der Waals surface area contributed by atoms with Crippen molar-refractivity contribution >= 4 is 5.97 Å². The number of aliphatic hydroxyl groups is 4. The van der Waals surface area contributed by atoms with Crippen molar-refractivity contribution < 1.29 is 44.2 Å². The molecule has 1 heterocycles. The van der Waals surface area contributed by atoms with Crippen molar-refractivity contribution in [1.82, 2.24) is 0 Å². The minimum Gasteiger partial charge on any atom is -0.457 e. The highest BCUT2D eigenvalue weighted by atomic mass is 16.7. The molecule has 1 fully saturated rings. The molecule has 0 saturated carbocycles. The molecule has 0 spiro atoms. The minimum atomic E-state index is -1.54. The molecule has 9 heteroatoms. The Morgan fingerprint density at radius 2 is 0.829 bits per heavy atom. The highest BCUT2D eigenvalue weighted by molar-refractivity contribution is 5.69. The largest absolute Gasteiger partial charge is 0.457 e. The fraction of sp³-hybridized carbons (Fsp3) is 0.885. The number of unbranched alkanes of at least 4 members (excludes halogenated alkanes) is 36. The van der Waals surface area contributed by atoms with Crippen LogP contribution in [0, 0.1) is 0 Å². The van der Waals surface area contributed by atoms with Gasteiger partial charge in [-0.2, -0.15) is 0 Å². The molecule has 0 aromatic carbocycles. The van der Waals surface area contributed by atoms with E-state index in [1.54, 1.807) is 0 Å². The van der Waals surface area contributed by atoms with Crippen LogP contribution in [0.5, 0.6) is 0 Å². The van der Waals surface area contributed by atoms with Crippen molar-refractivity contribution in [2.75, 3.05) is 26.4 Å². The fourth-order valence-electron chi connectivity index (χ4n) is 9.39. The lowest BCUT2D eigenvalue weighted by atomic mass is 9.99. The normalized spacial score (nSPS) is 19.1. The summed E-state index contributed by atoms with van der Waals surface area (Å²) in [5.74, 6) is -0.320. The van der Waals surface area contributed by atoms with E-state index in [1.165, 1.54) is 205 Å². The first-order chi connectivity index (χ1) is 34.4. The van der Waals surface area contributed by atoms with Crippen LogP contribution < -0.4 is 0 Å². The lowest BCUT2D eigenvalue weighted by Gasteiger charge is -2.39. The predicted molar refractivity (Wildman–Crippen MR) is 293 cm³/mol. The summed E-state index contributed by atoms with van der Waals surface area (Å²) >= 11 is 0. The summed E-state index contributed by atoms with van der Waals surface area (Å²) in [5.41, 5.74) is 0. The van der Waals surface area contributed by atoms with E-state index in [9.17, 15) is 25.2 Å². The van der Waals surface area contributed by atoms with E-state index in [-0.39, 0.29) is 19.2 Å². The van der Waals surface area contributed by atoms with Gasteiger partial charge in [-0.15, -0.1) is 0 Å². The minimum absolute atomic E-state index is 0.116. The van der Waals surface area contributed by atoms with Gasteiger partial charge in [0.15, 0.2) is 6.29 Å². The number of hydrogen-bond donors (Lipinski definition) is 4. The maximum atomic E-state index is 12.9. The first-order valence-corrected chi connectivity index (χ1v) is 30.1. The summed E-state index contributed by atoms with van der Waals surface area (Å²) < 4.78 is 23.0. The number of ether oxygens (including phenoxy) is 4. The standard InChI is InChI=1S/C61H114O9/c1-3-5-7-9-11-13-15-17-19-21-23-25-26-27-28-29-31-33-35-37-39-41-43-45-47-49-51-67-53-55(54-68-61-60(66)59(65)58(64)56(52-62)70-61)69-57(63)50-48-46-44-42-40-38-36-34-32-30-24-22-20-18-16-14-12-10-8-6-4-2/h16,18,22,24,32,34,55-56,58-62,64-66H,3-15,17,19-21,23,25-31,33,35-54H2,1-2H3/b18-16-,24-22-,34-32-. The van der Waals surface area contributed by atoms with Gasteiger partial charge in [-0.05, 0) is 51.4 Å². The third-order valence-electron chi connectivity index (χ3n) is 14.1. The first-order valence-electron chi connectivity index (χ1n) is 30.1. The summed E-state index contributed by atoms with van der Waals surface area (Å²) in [6.07, 6.45) is 59.2. The van der Waals surface area contributed by atoms with Gasteiger partial charge >= 0.3 is 5.97 Å². The molecular weight excluding hydrogens is 877 g/mol. The van der Waals surface area contributed by atoms with E-state index < -0.39 is 43.4 Å². The average Bonchev–Trinajstić information content (AvgIpc) is 3.36. The number of carbonyl (C=O) groups excluding carboxylic acids is 1. The zero-order valence-electron chi connectivity index (χ0n) is 45.8. The molecule has 0 aliphatic carbocycles.